The molecule has 1 aromatic carbocycles. The van der Waals surface area contributed by atoms with Crippen molar-refractivity contribution in [3.8, 4) is 0 Å². The number of hydrogen-bond acceptors (Lipinski definition) is 3. The van der Waals surface area contributed by atoms with Crippen LogP contribution in [-0.2, 0) is 12.7 Å². The van der Waals surface area contributed by atoms with E-state index < -0.39 is 11.7 Å². The van der Waals surface area contributed by atoms with Crippen LogP contribution in [-0.4, -0.2) is 28.1 Å². The average Bonchev–Trinajstić information content (AvgIpc) is 2.54. The number of halogens is 3. The lowest BCUT2D eigenvalue weighted by molar-refractivity contribution is -0.137. The zero-order chi connectivity index (χ0) is 16.9. The number of aromatic nitrogens is 1. The van der Waals surface area contributed by atoms with Crippen LogP contribution in [0.4, 0.5) is 13.2 Å². The molecule has 0 aliphatic rings. The lowest BCUT2D eigenvalue weighted by Gasteiger charge is -2.29. The second kappa shape index (κ2) is 7.57. The summed E-state index contributed by atoms with van der Waals surface area (Å²) in [7, 11) is 0. The van der Waals surface area contributed by atoms with Crippen LogP contribution in [0.3, 0.4) is 0 Å². The van der Waals surface area contributed by atoms with Crippen molar-refractivity contribution in [1.82, 2.24) is 9.88 Å². The second-order valence-electron chi connectivity index (χ2n) is 5.35. The molecular weight excluding hydrogens is 305 g/mol. The summed E-state index contributed by atoms with van der Waals surface area (Å²) >= 11 is 0. The predicted molar refractivity (Wildman–Crippen MR) is 81.6 cm³/mol. The smallest absolute Gasteiger partial charge is 0.395 e. The van der Waals surface area contributed by atoms with E-state index in [2.05, 4.69) is 4.98 Å². The monoisotopic (exact) mass is 324 g/mol. The Morgan fingerprint density at radius 3 is 2.39 bits per heavy atom. The molecule has 0 bridgehead atoms. The summed E-state index contributed by atoms with van der Waals surface area (Å²) in [5.41, 5.74) is 1.10. The SMILES string of the molecule is CC(c1ccc(C(F)(F)F)cc1)N(CCO)Cc1cccnc1. The Kier molecular flexibility index (Phi) is 5.74. The van der Waals surface area contributed by atoms with E-state index in [1.807, 2.05) is 24.0 Å². The number of hydrogen-bond donors (Lipinski definition) is 1. The Morgan fingerprint density at radius 2 is 1.87 bits per heavy atom. The van der Waals surface area contributed by atoms with Crippen LogP contribution in [0.15, 0.2) is 48.8 Å². The highest BCUT2D eigenvalue weighted by Gasteiger charge is 2.30. The van der Waals surface area contributed by atoms with Gasteiger partial charge >= 0.3 is 6.18 Å². The van der Waals surface area contributed by atoms with E-state index in [0.717, 1.165) is 23.3 Å². The topological polar surface area (TPSA) is 36.4 Å². The Morgan fingerprint density at radius 1 is 1.17 bits per heavy atom. The van der Waals surface area contributed by atoms with E-state index in [0.29, 0.717) is 13.1 Å². The third kappa shape index (κ3) is 4.77. The standard InChI is InChI=1S/C17H19F3N2O/c1-13(15-4-6-16(7-5-15)17(18,19)20)22(9-10-23)12-14-3-2-8-21-11-14/h2-8,11,13,23H,9-10,12H2,1H3. The van der Waals surface area contributed by atoms with Crippen LogP contribution in [0.2, 0.25) is 0 Å². The first kappa shape index (κ1) is 17.4. The minimum atomic E-state index is -4.33. The number of alkyl halides is 3. The van der Waals surface area contributed by atoms with Crippen LogP contribution in [0.5, 0.6) is 0 Å². The highest BCUT2D eigenvalue weighted by molar-refractivity contribution is 5.26. The number of rotatable bonds is 6. The maximum absolute atomic E-state index is 12.6. The quantitative estimate of drug-likeness (QED) is 0.881. The molecule has 0 aliphatic carbocycles. The van der Waals surface area contributed by atoms with Gasteiger partial charge in [-0.1, -0.05) is 18.2 Å². The number of benzene rings is 1. The molecule has 1 heterocycles. The average molecular weight is 324 g/mol. The molecule has 6 heteroatoms. The highest BCUT2D eigenvalue weighted by atomic mass is 19.4. The van der Waals surface area contributed by atoms with Crippen molar-refractivity contribution in [3.63, 3.8) is 0 Å². The van der Waals surface area contributed by atoms with E-state index in [1.54, 1.807) is 12.4 Å². The van der Waals surface area contributed by atoms with Crippen molar-refractivity contribution in [3.05, 3.63) is 65.5 Å². The third-order valence-electron chi connectivity index (χ3n) is 3.76. The first-order chi connectivity index (χ1) is 10.9. The van der Waals surface area contributed by atoms with Gasteiger partial charge in [-0.15, -0.1) is 0 Å². The summed E-state index contributed by atoms with van der Waals surface area (Å²) in [5.74, 6) is 0. The maximum Gasteiger partial charge on any atom is 0.416 e. The summed E-state index contributed by atoms with van der Waals surface area (Å²) in [5, 5.41) is 9.26. The lowest BCUT2D eigenvalue weighted by Crippen LogP contribution is -2.29. The van der Waals surface area contributed by atoms with Crippen molar-refractivity contribution in [2.45, 2.75) is 25.7 Å². The summed E-state index contributed by atoms with van der Waals surface area (Å²) in [4.78, 5) is 6.05. The first-order valence-corrected chi connectivity index (χ1v) is 7.33. The Hall–Kier alpha value is -1.92. The van der Waals surface area contributed by atoms with Crippen LogP contribution < -0.4 is 0 Å². The van der Waals surface area contributed by atoms with Gasteiger partial charge in [0.25, 0.3) is 0 Å². The molecule has 0 spiro atoms. The molecule has 0 radical (unpaired) electrons. The first-order valence-electron chi connectivity index (χ1n) is 7.33. The molecule has 124 valence electrons. The van der Waals surface area contributed by atoms with Crippen LogP contribution in [0.25, 0.3) is 0 Å². The van der Waals surface area contributed by atoms with Crippen molar-refractivity contribution in [2.24, 2.45) is 0 Å². The predicted octanol–water partition coefficient (Wildman–Crippen LogP) is 3.66. The van der Waals surface area contributed by atoms with Crippen molar-refractivity contribution < 1.29 is 18.3 Å². The zero-order valence-corrected chi connectivity index (χ0v) is 12.8. The largest absolute Gasteiger partial charge is 0.416 e. The molecule has 1 aromatic heterocycles. The maximum atomic E-state index is 12.6. The van der Waals surface area contributed by atoms with Crippen LogP contribution in [0, 0.1) is 0 Å². The molecule has 0 saturated heterocycles. The molecule has 0 fully saturated rings. The zero-order valence-electron chi connectivity index (χ0n) is 12.8. The molecule has 23 heavy (non-hydrogen) atoms. The number of aliphatic hydroxyl groups excluding tert-OH is 1. The van der Waals surface area contributed by atoms with Gasteiger partial charge in [0.15, 0.2) is 0 Å². The molecule has 2 rings (SSSR count). The van der Waals surface area contributed by atoms with Gasteiger partial charge in [-0.25, -0.2) is 0 Å². The van der Waals surface area contributed by atoms with Crippen molar-refractivity contribution in [1.29, 1.82) is 0 Å². The summed E-state index contributed by atoms with van der Waals surface area (Å²) in [6.07, 6.45) is -0.911. The van der Waals surface area contributed by atoms with Gasteiger partial charge in [-0.3, -0.25) is 9.88 Å². The molecule has 0 amide bonds. The van der Waals surface area contributed by atoms with Crippen LogP contribution in [0.1, 0.15) is 29.7 Å². The van der Waals surface area contributed by atoms with Gasteiger partial charge in [0.2, 0.25) is 0 Å². The molecular formula is C17H19F3N2O. The van der Waals surface area contributed by atoms with Gasteiger partial charge in [0, 0.05) is 31.5 Å². The Balaban J connectivity index is 2.15. The summed E-state index contributed by atoms with van der Waals surface area (Å²) in [6.45, 7) is 2.88. The minimum Gasteiger partial charge on any atom is -0.395 e. The normalized spacial score (nSPS) is 13.3. The van der Waals surface area contributed by atoms with E-state index in [1.165, 1.54) is 12.1 Å². The van der Waals surface area contributed by atoms with Crippen molar-refractivity contribution in [2.75, 3.05) is 13.2 Å². The minimum absolute atomic E-state index is 0.0226. The van der Waals surface area contributed by atoms with Crippen LogP contribution >= 0.6 is 0 Å². The Bertz CT molecular complexity index is 599. The van der Waals surface area contributed by atoms with E-state index in [9.17, 15) is 18.3 Å². The van der Waals surface area contributed by atoms with E-state index in [-0.39, 0.29) is 12.6 Å². The van der Waals surface area contributed by atoms with Gasteiger partial charge in [0.1, 0.15) is 0 Å². The molecule has 1 atom stereocenters. The highest BCUT2D eigenvalue weighted by Crippen LogP contribution is 2.31. The lowest BCUT2D eigenvalue weighted by atomic mass is 10.0. The number of nitrogens with zero attached hydrogens (tertiary/aromatic N) is 2. The third-order valence-corrected chi connectivity index (χ3v) is 3.76. The number of pyridine rings is 1. The van der Waals surface area contributed by atoms with Gasteiger partial charge in [-0.05, 0) is 36.2 Å². The fourth-order valence-electron chi connectivity index (χ4n) is 2.43. The molecule has 2 aromatic rings. The fraction of sp³-hybridized carbons (Fsp3) is 0.353. The Labute approximate surface area is 133 Å². The molecule has 3 nitrogen and oxygen atoms in total. The van der Waals surface area contributed by atoms with E-state index in [4.69, 9.17) is 0 Å². The summed E-state index contributed by atoms with van der Waals surface area (Å²) in [6, 6.07) is 8.79. The van der Waals surface area contributed by atoms with E-state index >= 15 is 0 Å². The molecule has 1 unspecified atom stereocenters. The fourth-order valence-corrected chi connectivity index (χ4v) is 2.43. The number of aliphatic hydroxyl groups is 1. The second-order valence-corrected chi connectivity index (χ2v) is 5.35. The molecule has 0 aliphatic heterocycles. The summed E-state index contributed by atoms with van der Waals surface area (Å²) < 4.78 is 37.9. The molecule has 1 N–H and O–H groups in total. The van der Waals surface area contributed by atoms with Crippen molar-refractivity contribution >= 4 is 0 Å². The van der Waals surface area contributed by atoms with Gasteiger partial charge in [-0.2, -0.15) is 13.2 Å². The van der Waals surface area contributed by atoms with Gasteiger partial charge < -0.3 is 5.11 Å². The molecule has 0 saturated carbocycles. The van der Waals surface area contributed by atoms with Gasteiger partial charge in [0.05, 0.1) is 12.2 Å².